The van der Waals surface area contributed by atoms with Crippen molar-refractivity contribution in [2.75, 3.05) is 0 Å². The molecule has 3 atom stereocenters. The van der Waals surface area contributed by atoms with Crippen molar-refractivity contribution in [2.24, 2.45) is 0 Å². The molecule has 0 aliphatic heterocycles. The van der Waals surface area contributed by atoms with Crippen LogP contribution in [0.4, 0.5) is 0 Å². The average molecular weight is 344 g/mol. The zero-order valence-electron chi connectivity index (χ0n) is 15.1. The van der Waals surface area contributed by atoms with Gasteiger partial charge in [0.1, 0.15) is 11.4 Å². The Kier molecular flexibility index (Phi) is 12.4. The second-order valence-electron chi connectivity index (χ2n) is 4.98. The first kappa shape index (κ1) is 24.4. The second kappa shape index (κ2) is 11.7. The predicted octanol–water partition coefficient (Wildman–Crippen LogP) is -1.01. The van der Waals surface area contributed by atoms with E-state index >= 15 is 0 Å². The molecular weight excluding hydrogens is 319 g/mol. The minimum atomic E-state index is -4.45. The van der Waals surface area contributed by atoms with Gasteiger partial charge in [0.25, 0.3) is 10.1 Å². The Morgan fingerprint density at radius 3 is 2.26 bits per heavy atom. The Balaban J connectivity index is -0.00000220. The molecule has 3 unspecified atom stereocenters. The van der Waals surface area contributed by atoms with Crippen molar-refractivity contribution in [3.05, 3.63) is 12.7 Å². The third-order valence-electron chi connectivity index (χ3n) is 3.12. The quantitative estimate of drug-likeness (QED) is 0.178. The summed E-state index contributed by atoms with van der Waals surface area (Å²) in [5, 5.41) is -1.42. The summed E-state index contributed by atoms with van der Waals surface area (Å²) in [5.74, 6) is -1.38. The van der Waals surface area contributed by atoms with Gasteiger partial charge >= 0.3 is 30.8 Å². The largest absolute Gasteiger partial charge is 1.00 e. The molecule has 0 fully saturated rings. The second-order valence-corrected chi connectivity index (χ2v) is 6.75. The first-order valence-electron chi connectivity index (χ1n) is 7.12. The maximum absolute atomic E-state index is 11.8. The van der Waals surface area contributed by atoms with Crippen molar-refractivity contribution >= 4 is 22.1 Å². The maximum Gasteiger partial charge on any atom is 1.00 e. The van der Waals surface area contributed by atoms with E-state index in [0.29, 0.717) is 6.42 Å². The van der Waals surface area contributed by atoms with Crippen LogP contribution in [0.5, 0.6) is 0 Å². The van der Waals surface area contributed by atoms with Gasteiger partial charge in [0.05, 0.1) is 0 Å². The SMILES string of the molecule is C=CC(=O)OC(C)C(OC(=O)CCCCC)C(C)S(=O)(=O)O.[H-].[Li+]. The number of rotatable bonds is 10. The van der Waals surface area contributed by atoms with E-state index in [-0.39, 0.29) is 26.7 Å². The monoisotopic (exact) mass is 344 g/mol. The average Bonchev–Trinajstić information content (AvgIpc) is 2.42. The summed E-state index contributed by atoms with van der Waals surface area (Å²) in [6.45, 7) is 7.77. The summed E-state index contributed by atoms with van der Waals surface area (Å²) in [6.07, 6.45) is 1.08. The third kappa shape index (κ3) is 9.82. The summed E-state index contributed by atoms with van der Waals surface area (Å²) in [5.41, 5.74) is 0. The van der Waals surface area contributed by atoms with Crippen molar-refractivity contribution in [1.82, 2.24) is 0 Å². The Bertz CT molecular complexity index is 495. The van der Waals surface area contributed by atoms with Crippen LogP contribution in [0.2, 0.25) is 0 Å². The molecule has 130 valence electrons. The molecular formula is C14H25LiO7S. The number of carbonyl (C=O) groups is 2. The number of unbranched alkanes of at least 4 members (excludes halogenated alkanes) is 2. The number of carbonyl (C=O) groups excluding carboxylic acids is 2. The maximum atomic E-state index is 11.8. The van der Waals surface area contributed by atoms with E-state index in [2.05, 4.69) is 6.58 Å². The molecule has 0 heterocycles. The molecule has 0 saturated heterocycles. The van der Waals surface area contributed by atoms with Crippen LogP contribution >= 0.6 is 0 Å². The molecule has 0 aromatic rings. The summed E-state index contributed by atoms with van der Waals surface area (Å²) in [7, 11) is -4.45. The van der Waals surface area contributed by atoms with Crippen molar-refractivity contribution < 1.29 is 52.3 Å². The molecule has 0 saturated carbocycles. The zero-order valence-corrected chi connectivity index (χ0v) is 15.0. The minimum absolute atomic E-state index is 0. The van der Waals surface area contributed by atoms with Crippen LogP contribution in [0.3, 0.4) is 0 Å². The standard InChI is InChI=1S/C14H24O7S.Li.H/c1-5-7-8-9-13(16)21-14(11(4)22(17,18)19)10(3)20-12(15)6-2;;/h6,10-11,14H,2,5,7-9H2,1,3-4H3,(H,17,18,19);;/q;+1;-1. The molecule has 0 aromatic heterocycles. The molecule has 23 heavy (non-hydrogen) atoms. The fraction of sp³-hybridized carbons (Fsp3) is 0.714. The molecule has 0 amide bonds. The minimum Gasteiger partial charge on any atom is -1.00 e. The van der Waals surface area contributed by atoms with Gasteiger partial charge < -0.3 is 10.9 Å². The van der Waals surface area contributed by atoms with Crippen LogP contribution in [0.25, 0.3) is 0 Å². The molecule has 0 aliphatic rings. The number of esters is 2. The fourth-order valence-electron chi connectivity index (χ4n) is 1.77. The van der Waals surface area contributed by atoms with Gasteiger partial charge in [-0.05, 0) is 20.3 Å². The summed E-state index contributed by atoms with van der Waals surface area (Å²) < 4.78 is 41.7. The molecule has 0 aromatic carbocycles. The van der Waals surface area contributed by atoms with Gasteiger partial charge in [-0.1, -0.05) is 26.3 Å². The van der Waals surface area contributed by atoms with Crippen LogP contribution in [0.15, 0.2) is 12.7 Å². The van der Waals surface area contributed by atoms with Gasteiger partial charge in [0.2, 0.25) is 0 Å². The number of hydrogen-bond donors (Lipinski definition) is 1. The molecule has 0 radical (unpaired) electrons. The van der Waals surface area contributed by atoms with Gasteiger partial charge in [-0.25, -0.2) is 4.79 Å². The molecule has 9 heteroatoms. The normalized spacial score (nSPS) is 14.8. The van der Waals surface area contributed by atoms with Crippen molar-refractivity contribution in [3.63, 3.8) is 0 Å². The van der Waals surface area contributed by atoms with E-state index in [1.807, 2.05) is 6.92 Å². The summed E-state index contributed by atoms with van der Waals surface area (Å²) >= 11 is 0. The number of hydrogen-bond acceptors (Lipinski definition) is 6. The van der Waals surface area contributed by atoms with E-state index in [0.717, 1.165) is 18.9 Å². The number of ether oxygens (including phenoxy) is 2. The zero-order chi connectivity index (χ0) is 17.3. The van der Waals surface area contributed by atoms with Crippen LogP contribution in [-0.2, 0) is 29.2 Å². The van der Waals surface area contributed by atoms with Gasteiger partial charge in [-0.3, -0.25) is 9.35 Å². The summed E-state index contributed by atoms with van der Waals surface area (Å²) in [4.78, 5) is 23.0. The Morgan fingerprint density at radius 2 is 1.83 bits per heavy atom. The Morgan fingerprint density at radius 1 is 1.26 bits per heavy atom. The van der Waals surface area contributed by atoms with E-state index in [9.17, 15) is 18.0 Å². The molecule has 1 N–H and O–H groups in total. The van der Waals surface area contributed by atoms with Gasteiger partial charge in [-0.15, -0.1) is 0 Å². The Hall–Kier alpha value is -0.813. The fourth-order valence-corrected chi connectivity index (χ4v) is 2.39. The van der Waals surface area contributed by atoms with Crippen molar-refractivity contribution in [1.29, 1.82) is 0 Å². The van der Waals surface area contributed by atoms with Gasteiger partial charge in [0, 0.05) is 12.5 Å². The molecule has 0 spiro atoms. The third-order valence-corrected chi connectivity index (χ3v) is 4.32. The van der Waals surface area contributed by atoms with Crippen LogP contribution in [0, 0.1) is 0 Å². The van der Waals surface area contributed by atoms with Crippen molar-refractivity contribution in [3.8, 4) is 0 Å². The van der Waals surface area contributed by atoms with E-state index < -0.39 is 39.5 Å². The van der Waals surface area contributed by atoms with E-state index in [1.54, 1.807) is 0 Å². The first-order valence-corrected chi connectivity index (χ1v) is 8.62. The van der Waals surface area contributed by atoms with Crippen molar-refractivity contribution in [2.45, 2.75) is 63.9 Å². The van der Waals surface area contributed by atoms with Gasteiger partial charge in [-0.2, -0.15) is 8.42 Å². The first-order chi connectivity index (χ1) is 10.1. The smallest absolute Gasteiger partial charge is 1.00 e. The topological polar surface area (TPSA) is 107 Å². The van der Waals surface area contributed by atoms with Crippen LogP contribution in [0.1, 0.15) is 47.9 Å². The van der Waals surface area contributed by atoms with Crippen LogP contribution in [-0.4, -0.2) is 42.4 Å². The molecule has 7 nitrogen and oxygen atoms in total. The summed E-state index contributed by atoms with van der Waals surface area (Å²) in [6, 6.07) is 0. The van der Waals surface area contributed by atoms with Crippen LogP contribution < -0.4 is 18.9 Å². The molecule has 0 aliphatic carbocycles. The molecule has 0 bridgehead atoms. The van der Waals surface area contributed by atoms with Gasteiger partial charge in [0.15, 0.2) is 6.10 Å². The molecule has 0 rings (SSSR count). The Labute approximate surface area is 151 Å². The van der Waals surface area contributed by atoms with E-state index in [1.165, 1.54) is 13.8 Å². The van der Waals surface area contributed by atoms with E-state index in [4.69, 9.17) is 14.0 Å². The predicted molar refractivity (Wildman–Crippen MR) is 81.9 cm³/mol.